The van der Waals surface area contributed by atoms with Crippen LogP contribution in [0.4, 0.5) is 5.69 Å². The van der Waals surface area contributed by atoms with E-state index in [2.05, 4.69) is 36.6 Å². The Hall–Kier alpha value is -1.91. The van der Waals surface area contributed by atoms with Crippen molar-refractivity contribution in [3.8, 4) is 0 Å². The van der Waals surface area contributed by atoms with Gasteiger partial charge in [0, 0.05) is 17.0 Å². The summed E-state index contributed by atoms with van der Waals surface area (Å²) in [6, 6.07) is 12.2. The fraction of sp³-hybridized carbons (Fsp3) is 0.435. The lowest BCUT2D eigenvalue weighted by molar-refractivity contribution is -0.117. The Balaban J connectivity index is 1.63. The number of allylic oxidation sites excluding steroid dienone is 1. The number of amides is 1. The number of rotatable bonds is 9. The molecular formula is C23H29NO2S. The zero-order chi connectivity index (χ0) is 19.1. The normalized spacial score (nSPS) is 18.5. The number of nitrogens with zero attached hydrogens (tertiary/aromatic N) is 1. The summed E-state index contributed by atoms with van der Waals surface area (Å²) in [4.78, 5) is 15.7. The molecule has 1 aliphatic rings. The molecule has 1 aromatic carbocycles. The fourth-order valence-electron chi connectivity index (χ4n) is 3.61. The molecule has 144 valence electrons. The molecule has 4 heteroatoms. The Kier molecular flexibility index (Phi) is 7.25. The highest BCUT2D eigenvalue weighted by molar-refractivity contribution is 7.09. The molecule has 1 amide bonds. The first-order valence-electron chi connectivity index (χ1n) is 9.98. The van der Waals surface area contributed by atoms with Crippen molar-refractivity contribution in [2.45, 2.75) is 64.0 Å². The zero-order valence-electron chi connectivity index (χ0n) is 16.0. The molecule has 0 saturated carbocycles. The van der Waals surface area contributed by atoms with Crippen LogP contribution in [-0.2, 0) is 11.2 Å². The lowest BCUT2D eigenvalue weighted by atomic mass is 10.0. The van der Waals surface area contributed by atoms with Crippen molar-refractivity contribution in [2.75, 3.05) is 4.90 Å². The van der Waals surface area contributed by atoms with Gasteiger partial charge in [-0.15, -0.1) is 11.3 Å². The maximum absolute atomic E-state index is 12.4. The standard InChI is InChI=1S/C23H29NO2S/c1-2-3-4-10-22(25)18-11-13-20(14-12-18)24-19(15-16-23(24)26)7-5-8-21-9-6-17-27-21/h5-7,9,11-14,17,19,22,25H,2-4,8,10,15-16H2,1H3/b7-5+/t19-,22?/m0/s1. The maximum atomic E-state index is 12.4. The van der Waals surface area contributed by atoms with Crippen LogP contribution in [0.3, 0.4) is 0 Å². The number of benzene rings is 1. The molecule has 2 heterocycles. The summed E-state index contributed by atoms with van der Waals surface area (Å²) < 4.78 is 0. The van der Waals surface area contributed by atoms with E-state index in [9.17, 15) is 9.90 Å². The van der Waals surface area contributed by atoms with Crippen LogP contribution in [0.15, 0.2) is 53.9 Å². The summed E-state index contributed by atoms with van der Waals surface area (Å²) in [6.45, 7) is 2.17. The highest BCUT2D eigenvalue weighted by atomic mass is 32.1. The van der Waals surface area contributed by atoms with Gasteiger partial charge in [0.15, 0.2) is 0 Å². The number of carbonyl (C=O) groups excluding carboxylic acids is 1. The van der Waals surface area contributed by atoms with Crippen molar-refractivity contribution in [3.05, 3.63) is 64.4 Å². The number of unbranched alkanes of at least 4 members (excludes halogenated alkanes) is 2. The number of aliphatic hydroxyl groups is 1. The van der Waals surface area contributed by atoms with Crippen LogP contribution in [0, 0.1) is 0 Å². The monoisotopic (exact) mass is 383 g/mol. The number of carbonyl (C=O) groups is 1. The number of aliphatic hydroxyl groups excluding tert-OH is 1. The third-order valence-electron chi connectivity index (χ3n) is 5.15. The second-order valence-corrected chi connectivity index (χ2v) is 8.22. The van der Waals surface area contributed by atoms with Gasteiger partial charge in [0.2, 0.25) is 5.91 Å². The number of hydrogen-bond acceptors (Lipinski definition) is 3. The van der Waals surface area contributed by atoms with Crippen LogP contribution in [0.2, 0.25) is 0 Å². The van der Waals surface area contributed by atoms with E-state index in [0.717, 1.165) is 49.8 Å². The molecule has 1 unspecified atom stereocenters. The van der Waals surface area contributed by atoms with Crippen LogP contribution in [0.25, 0.3) is 0 Å². The minimum Gasteiger partial charge on any atom is -0.388 e. The molecule has 1 aliphatic heterocycles. The Morgan fingerprint density at radius 1 is 1.26 bits per heavy atom. The van der Waals surface area contributed by atoms with E-state index < -0.39 is 6.10 Å². The van der Waals surface area contributed by atoms with Gasteiger partial charge in [-0.25, -0.2) is 0 Å². The van der Waals surface area contributed by atoms with Crippen molar-refractivity contribution in [1.29, 1.82) is 0 Å². The SMILES string of the molecule is CCCCCC(O)c1ccc(N2C(=O)CC[C@@H]2/C=C/Cc2cccs2)cc1. The maximum Gasteiger partial charge on any atom is 0.227 e. The predicted octanol–water partition coefficient (Wildman–Crippen LogP) is 5.66. The molecular weight excluding hydrogens is 354 g/mol. The molecule has 1 fully saturated rings. The highest BCUT2D eigenvalue weighted by Crippen LogP contribution is 2.29. The Bertz CT molecular complexity index is 736. The molecule has 1 N–H and O–H groups in total. The summed E-state index contributed by atoms with van der Waals surface area (Å²) in [5, 5.41) is 12.4. The second-order valence-electron chi connectivity index (χ2n) is 7.18. The summed E-state index contributed by atoms with van der Waals surface area (Å²) in [5.74, 6) is 0.178. The molecule has 2 aromatic rings. The van der Waals surface area contributed by atoms with Gasteiger partial charge in [-0.3, -0.25) is 4.79 Å². The molecule has 2 atom stereocenters. The number of hydrogen-bond donors (Lipinski definition) is 1. The van der Waals surface area contributed by atoms with Crippen molar-refractivity contribution >= 4 is 22.9 Å². The van der Waals surface area contributed by atoms with Gasteiger partial charge in [-0.2, -0.15) is 0 Å². The van der Waals surface area contributed by atoms with E-state index in [0.29, 0.717) is 6.42 Å². The van der Waals surface area contributed by atoms with E-state index >= 15 is 0 Å². The number of anilines is 1. The molecule has 0 aliphatic carbocycles. The van der Waals surface area contributed by atoms with Gasteiger partial charge >= 0.3 is 0 Å². The van der Waals surface area contributed by atoms with E-state index in [1.807, 2.05) is 29.2 Å². The molecule has 1 saturated heterocycles. The topological polar surface area (TPSA) is 40.5 Å². The van der Waals surface area contributed by atoms with Crippen LogP contribution < -0.4 is 4.90 Å². The third-order valence-corrected chi connectivity index (χ3v) is 6.05. The smallest absolute Gasteiger partial charge is 0.227 e. The van der Waals surface area contributed by atoms with Gasteiger partial charge < -0.3 is 10.0 Å². The Morgan fingerprint density at radius 2 is 2.07 bits per heavy atom. The average Bonchev–Trinajstić information content (AvgIpc) is 3.32. The van der Waals surface area contributed by atoms with Crippen LogP contribution in [-0.4, -0.2) is 17.1 Å². The summed E-state index contributed by atoms with van der Waals surface area (Å²) >= 11 is 1.76. The van der Waals surface area contributed by atoms with E-state index in [-0.39, 0.29) is 11.9 Å². The first-order chi connectivity index (χ1) is 13.2. The van der Waals surface area contributed by atoms with E-state index in [1.54, 1.807) is 11.3 Å². The molecule has 27 heavy (non-hydrogen) atoms. The lowest BCUT2D eigenvalue weighted by Crippen LogP contribution is -2.31. The summed E-state index contributed by atoms with van der Waals surface area (Å²) in [5.41, 5.74) is 1.86. The van der Waals surface area contributed by atoms with E-state index in [1.165, 1.54) is 4.88 Å². The van der Waals surface area contributed by atoms with Crippen molar-refractivity contribution < 1.29 is 9.90 Å². The van der Waals surface area contributed by atoms with Gasteiger partial charge in [-0.05, 0) is 48.4 Å². The second kappa shape index (κ2) is 9.86. The van der Waals surface area contributed by atoms with Gasteiger partial charge in [-0.1, -0.05) is 56.5 Å². The average molecular weight is 384 g/mol. The van der Waals surface area contributed by atoms with Crippen LogP contribution in [0.1, 0.15) is 62.0 Å². The number of thiophene rings is 1. The zero-order valence-corrected chi connectivity index (χ0v) is 16.8. The fourth-order valence-corrected chi connectivity index (χ4v) is 4.29. The molecule has 1 aromatic heterocycles. The molecule has 0 bridgehead atoms. The quantitative estimate of drug-likeness (QED) is 0.448. The minimum absolute atomic E-state index is 0.123. The van der Waals surface area contributed by atoms with Crippen LogP contribution >= 0.6 is 11.3 Å². The van der Waals surface area contributed by atoms with Gasteiger partial charge in [0.25, 0.3) is 0 Å². The summed E-state index contributed by atoms with van der Waals surface area (Å²) in [6.07, 6.45) is 10.4. The Morgan fingerprint density at radius 3 is 2.78 bits per heavy atom. The van der Waals surface area contributed by atoms with Gasteiger partial charge in [0.1, 0.15) is 0 Å². The largest absolute Gasteiger partial charge is 0.388 e. The van der Waals surface area contributed by atoms with Crippen molar-refractivity contribution in [3.63, 3.8) is 0 Å². The predicted molar refractivity (Wildman–Crippen MR) is 113 cm³/mol. The van der Waals surface area contributed by atoms with Crippen molar-refractivity contribution in [1.82, 2.24) is 0 Å². The van der Waals surface area contributed by atoms with E-state index in [4.69, 9.17) is 0 Å². The molecule has 0 radical (unpaired) electrons. The van der Waals surface area contributed by atoms with Crippen LogP contribution in [0.5, 0.6) is 0 Å². The van der Waals surface area contributed by atoms with Gasteiger partial charge in [0.05, 0.1) is 12.1 Å². The lowest BCUT2D eigenvalue weighted by Gasteiger charge is -2.23. The Labute approximate surface area is 166 Å². The molecule has 3 nitrogen and oxygen atoms in total. The minimum atomic E-state index is -0.415. The summed E-state index contributed by atoms with van der Waals surface area (Å²) in [7, 11) is 0. The third kappa shape index (κ3) is 5.30. The highest BCUT2D eigenvalue weighted by Gasteiger charge is 2.30. The van der Waals surface area contributed by atoms with Crippen molar-refractivity contribution in [2.24, 2.45) is 0 Å². The first-order valence-corrected chi connectivity index (χ1v) is 10.9. The first kappa shape index (κ1) is 19.8. The molecule has 0 spiro atoms. The molecule has 3 rings (SSSR count).